The van der Waals surface area contributed by atoms with Crippen LogP contribution in [0.5, 0.6) is 0 Å². The summed E-state index contributed by atoms with van der Waals surface area (Å²) in [5, 5.41) is 22.1. The van der Waals surface area contributed by atoms with Gasteiger partial charge < -0.3 is 15.9 Å². The number of benzene rings is 1. The van der Waals surface area contributed by atoms with Crippen molar-refractivity contribution >= 4 is 5.69 Å². The van der Waals surface area contributed by atoms with Crippen LogP contribution < -0.4 is 5.73 Å². The number of rotatable bonds is 4. The van der Waals surface area contributed by atoms with E-state index in [4.69, 9.17) is 11.3 Å². The average molecular weight is 226 g/mol. The van der Waals surface area contributed by atoms with Crippen LogP contribution in [0.15, 0.2) is 23.3 Å². The molecular formula is C9H11FN4O2. The van der Waals surface area contributed by atoms with Gasteiger partial charge in [-0.25, -0.2) is 4.39 Å². The Morgan fingerprint density at radius 2 is 2.19 bits per heavy atom. The van der Waals surface area contributed by atoms with Gasteiger partial charge in [0.05, 0.1) is 12.6 Å². The van der Waals surface area contributed by atoms with Gasteiger partial charge in [-0.3, -0.25) is 0 Å². The first kappa shape index (κ1) is 12.3. The normalized spacial score (nSPS) is 13.9. The number of nitrogens with two attached hydrogens (primary N) is 1. The molecule has 0 aliphatic carbocycles. The molecule has 7 heteroatoms. The van der Waals surface area contributed by atoms with Crippen molar-refractivity contribution in [1.29, 1.82) is 0 Å². The summed E-state index contributed by atoms with van der Waals surface area (Å²) < 4.78 is 13.3. The van der Waals surface area contributed by atoms with E-state index >= 15 is 0 Å². The van der Waals surface area contributed by atoms with Crippen molar-refractivity contribution in [2.45, 2.75) is 12.2 Å². The second kappa shape index (κ2) is 5.32. The lowest BCUT2D eigenvalue weighted by atomic mass is 10.0. The predicted octanol–water partition coefficient (Wildman–Crippen LogP) is 1.11. The van der Waals surface area contributed by atoms with Crippen LogP contribution in [0.1, 0.15) is 11.7 Å². The molecular weight excluding hydrogens is 215 g/mol. The molecule has 0 amide bonds. The van der Waals surface area contributed by atoms with Gasteiger partial charge >= 0.3 is 0 Å². The third-order valence-corrected chi connectivity index (χ3v) is 2.04. The molecule has 0 saturated carbocycles. The lowest BCUT2D eigenvalue weighted by Gasteiger charge is -2.17. The summed E-state index contributed by atoms with van der Waals surface area (Å²) in [7, 11) is 0. The Kier molecular flexibility index (Phi) is 4.07. The summed E-state index contributed by atoms with van der Waals surface area (Å²) in [6, 6.07) is 3.65. The van der Waals surface area contributed by atoms with Crippen molar-refractivity contribution in [1.82, 2.24) is 0 Å². The van der Waals surface area contributed by atoms with Crippen LogP contribution in [-0.4, -0.2) is 22.9 Å². The van der Waals surface area contributed by atoms with Crippen molar-refractivity contribution < 1.29 is 14.6 Å². The van der Waals surface area contributed by atoms with E-state index in [0.29, 0.717) is 0 Å². The SMILES string of the molecule is [N-]=[N+]=NCC(O)C(O)c1cc(N)ccc1F. The number of nitrogens with zero attached hydrogens (tertiary/aromatic N) is 3. The summed E-state index contributed by atoms with van der Waals surface area (Å²) >= 11 is 0. The molecule has 1 aromatic carbocycles. The number of azide groups is 1. The average Bonchev–Trinajstić information content (AvgIpc) is 2.28. The number of anilines is 1. The molecule has 0 saturated heterocycles. The van der Waals surface area contributed by atoms with Crippen molar-refractivity contribution in [3.63, 3.8) is 0 Å². The second-order valence-electron chi connectivity index (χ2n) is 3.21. The van der Waals surface area contributed by atoms with E-state index in [2.05, 4.69) is 10.0 Å². The first-order valence-corrected chi connectivity index (χ1v) is 4.48. The lowest BCUT2D eigenvalue weighted by Crippen LogP contribution is -2.22. The Hall–Kier alpha value is -1.82. The fraction of sp³-hybridized carbons (Fsp3) is 0.333. The van der Waals surface area contributed by atoms with Crippen LogP contribution in [0, 0.1) is 5.82 Å². The highest BCUT2D eigenvalue weighted by atomic mass is 19.1. The first-order chi connectivity index (χ1) is 7.56. The molecule has 0 aliphatic rings. The van der Waals surface area contributed by atoms with E-state index in [-0.39, 0.29) is 17.8 Å². The third-order valence-electron chi connectivity index (χ3n) is 2.04. The minimum Gasteiger partial charge on any atom is -0.399 e. The molecule has 1 rings (SSSR count). The van der Waals surface area contributed by atoms with E-state index < -0.39 is 18.0 Å². The molecule has 0 radical (unpaired) electrons. The summed E-state index contributed by atoms with van der Waals surface area (Å²) in [6.07, 6.45) is -2.85. The molecule has 0 bridgehead atoms. The maximum absolute atomic E-state index is 13.3. The fourth-order valence-electron chi connectivity index (χ4n) is 1.22. The number of hydrogen-bond donors (Lipinski definition) is 3. The molecule has 6 nitrogen and oxygen atoms in total. The minimum absolute atomic E-state index is 0.124. The quantitative estimate of drug-likeness (QED) is 0.309. The van der Waals surface area contributed by atoms with Gasteiger partial charge in [-0.2, -0.15) is 0 Å². The van der Waals surface area contributed by atoms with E-state index in [9.17, 15) is 14.6 Å². The highest BCUT2D eigenvalue weighted by Gasteiger charge is 2.21. The molecule has 0 aliphatic heterocycles. The van der Waals surface area contributed by atoms with Crippen LogP contribution in [0.4, 0.5) is 10.1 Å². The molecule has 2 atom stereocenters. The number of halogens is 1. The zero-order valence-corrected chi connectivity index (χ0v) is 8.29. The summed E-state index contributed by atoms with van der Waals surface area (Å²) in [6.45, 7) is -0.341. The van der Waals surface area contributed by atoms with Crippen molar-refractivity contribution in [3.05, 3.63) is 40.0 Å². The largest absolute Gasteiger partial charge is 0.399 e. The second-order valence-corrected chi connectivity index (χ2v) is 3.21. The minimum atomic E-state index is -1.48. The van der Waals surface area contributed by atoms with Gasteiger partial charge in [-0.1, -0.05) is 5.11 Å². The molecule has 1 aromatic rings. The van der Waals surface area contributed by atoms with Gasteiger partial charge in [0, 0.05) is 16.2 Å². The molecule has 0 spiro atoms. The number of hydrogen-bond acceptors (Lipinski definition) is 4. The van der Waals surface area contributed by atoms with E-state index in [0.717, 1.165) is 6.07 Å². The molecule has 4 N–H and O–H groups in total. The predicted molar refractivity (Wildman–Crippen MR) is 55.8 cm³/mol. The highest BCUT2D eigenvalue weighted by Crippen LogP contribution is 2.22. The zero-order valence-electron chi connectivity index (χ0n) is 8.29. The van der Waals surface area contributed by atoms with E-state index in [1.807, 2.05) is 0 Å². The summed E-state index contributed by atoms with van der Waals surface area (Å²) in [5.41, 5.74) is 13.6. The van der Waals surface area contributed by atoms with Crippen LogP contribution in [-0.2, 0) is 0 Å². The van der Waals surface area contributed by atoms with Gasteiger partial charge in [-0.15, -0.1) is 0 Å². The van der Waals surface area contributed by atoms with Gasteiger partial charge in [-0.05, 0) is 23.7 Å². The molecule has 0 fully saturated rings. The molecule has 0 heterocycles. The molecule has 2 unspecified atom stereocenters. The number of aliphatic hydroxyl groups is 2. The van der Waals surface area contributed by atoms with Crippen LogP contribution in [0.25, 0.3) is 10.4 Å². The third kappa shape index (κ3) is 2.83. The van der Waals surface area contributed by atoms with Crippen LogP contribution in [0.3, 0.4) is 0 Å². The number of nitrogen functional groups attached to an aromatic ring is 1. The Morgan fingerprint density at radius 3 is 2.81 bits per heavy atom. The molecule has 86 valence electrons. The Morgan fingerprint density at radius 1 is 1.50 bits per heavy atom. The maximum atomic E-state index is 13.3. The van der Waals surface area contributed by atoms with Gasteiger partial charge in [0.15, 0.2) is 0 Å². The fourth-order valence-corrected chi connectivity index (χ4v) is 1.22. The standard InChI is InChI=1S/C9H11FN4O2/c10-7-2-1-5(11)3-6(7)9(16)8(15)4-13-14-12/h1-3,8-9,15-16H,4,11H2. The van der Waals surface area contributed by atoms with E-state index in [1.165, 1.54) is 12.1 Å². The van der Waals surface area contributed by atoms with Gasteiger partial charge in [0.2, 0.25) is 0 Å². The molecule has 16 heavy (non-hydrogen) atoms. The van der Waals surface area contributed by atoms with E-state index in [1.54, 1.807) is 0 Å². The molecule has 0 aromatic heterocycles. The van der Waals surface area contributed by atoms with Crippen LogP contribution >= 0.6 is 0 Å². The zero-order chi connectivity index (χ0) is 12.1. The monoisotopic (exact) mass is 226 g/mol. The number of aliphatic hydroxyl groups excluding tert-OH is 2. The summed E-state index contributed by atoms with van der Waals surface area (Å²) in [5.74, 6) is -0.679. The van der Waals surface area contributed by atoms with Gasteiger partial charge in [0.25, 0.3) is 0 Å². The van der Waals surface area contributed by atoms with Crippen molar-refractivity contribution in [3.8, 4) is 0 Å². The first-order valence-electron chi connectivity index (χ1n) is 4.48. The summed E-state index contributed by atoms with van der Waals surface area (Å²) in [4.78, 5) is 2.43. The Bertz CT molecular complexity index is 420. The Balaban J connectivity index is 2.90. The Labute approximate surface area is 90.8 Å². The van der Waals surface area contributed by atoms with Gasteiger partial charge in [0.1, 0.15) is 11.9 Å². The lowest BCUT2D eigenvalue weighted by molar-refractivity contribution is 0.0223. The smallest absolute Gasteiger partial charge is 0.129 e. The van der Waals surface area contributed by atoms with Crippen molar-refractivity contribution in [2.75, 3.05) is 12.3 Å². The maximum Gasteiger partial charge on any atom is 0.129 e. The highest BCUT2D eigenvalue weighted by molar-refractivity contribution is 5.42. The van der Waals surface area contributed by atoms with Crippen LogP contribution in [0.2, 0.25) is 0 Å². The van der Waals surface area contributed by atoms with Crippen molar-refractivity contribution in [2.24, 2.45) is 5.11 Å². The topological polar surface area (TPSA) is 115 Å².